The molecule has 5 nitrogen and oxygen atoms in total. The fraction of sp³-hybridized carbons (Fsp3) is 0.286. The maximum absolute atomic E-state index is 5.18. The van der Waals surface area contributed by atoms with Crippen LogP contribution in [0.3, 0.4) is 0 Å². The standard InChI is InChI=1S/C21H26N4O.HI/c1-15-4-9-19-17(14-24-20(19)12-15)10-11-23-21(22-2)25-13-16-5-7-18(26-3)8-6-16;/h4-9,12,14,24H,10-11,13H2,1-3H3,(H2,22,23,25);1H. The van der Waals surface area contributed by atoms with E-state index in [1.165, 1.54) is 27.6 Å². The highest BCUT2D eigenvalue weighted by Gasteiger charge is 2.04. The maximum Gasteiger partial charge on any atom is 0.191 e. The molecule has 0 spiro atoms. The van der Waals surface area contributed by atoms with Crippen molar-refractivity contribution < 1.29 is 4.74 Å². The summed E-state index contributed by atoms with van der Waals surface area (Å²) >= 11 is 0. The largest absolute Gasteiger partial charge is 0.497 e. The minimum Gasteiger partial charge on any atom is -0.497 e. The molecule has 3 aromatic rings. The van der Waals surface area contributed by atoms with Crippen molar-refractivity contribution >= 4 is 40.8 Å². The van der Waals surface area contributed by atoms with Crippen molar-refractivity contribution in [3.63, 3.8) is 0 Å². The number of nitrogens with zero attached hydrogens (tertiary/aromatic N) is 1. The Hall–Kier alpha value is -2.22. The molecule has 0 bridgehead atoms. The van der Waals surface area contributed by atoms with Crippen LogP contribution in [0, 0.1) is 6.92 Å². The van der Waals surface area contributed by atoms with E-state index in [9.17, 15) is 0 Å². The fourth-order valence-electron chi connectivity index (χ4n) is 2.97. The number of aliphatic imine (C=N–C) groups is 1. The SMILES string of the molecule is CN=C(NCCc1c[nH]c2cc(C)ccc12)NCc1ccc(OC)cc1.I. The number of ether oxygens (including phenoxy) is 1. The number of fused-ring (bicyclic) bond motifs is 1. The van der Waals surface area contributed by atoms with E-state index in [4.69, 9.17) is 4.74 Å². The van der Waals surface area contributed by atoms with Crippen LogP contribution in [0.5, 0.6) is 5.75 Å². The quantitative estimate of drug-likeness (QED) is 0.285. The van der Waals surface area contributed by atoms with E-state index in [0.717, 1.165) is 31.2 Å². The Labute approximate surface area is 177 Å². The van der Waals surface area contributed by atoms with Gasteiger partial charge in [0.15, 0.2) is 5.96 Å². The van der Waals surface area contributed by atoms with E-state index in [1.54, 1.807) is 14.2 Å². The minimum absolute atomic E-state index is 0. The average Bonchev–Trinajstić information content (AvgIpc) is 3.07. The molecule has 3 rings (SSSR count). The van der Waals surface area contributed by atoms with Gasteiger partial charge in [0.25, 0.3) is 0 Å². The van der Waals surface area contributed by atoms with Crippen LogP contribution >= 0.6 is 24.0 Å². The Morgan fingerprint density at radius 3 is 2.59 bits per heavy atom. The van der Waals surface area contributed by atoms with Crippen LogP contribution in [0.25, 0.3) is 10.9 Å². The molecule has 27 heavy (non-hydrogen) atoms. The third-order valence-corrected chi connectivity index (χ3v) is 4.45. The topological polar surface area (TPSA) is 61.4 Å². The van der Waals surface area contributed by atoms with Crippen LogP contribution in [0.4, 0.5) is 0 Å². The number of aromatic amines is 1. The van der Waals surface area contributed by atoms with Crippen molar-refractivity contribution in [3.05, 3.63) is 65.4 Å². The molecule has 0 saturated carbocycles. The van der Waals surface area contributed by atoms with Gasteiger partial charge < -0.3 is 20.4 Å². The molecule has 0 aliphatic rings. The van der Waals surface area contributed by atoms with Crippen molar-refractivity contribution in [2.45, 2.75) is 19.9 Å². The van der Waals surface area contributed by atoms with Crippen LogP contribution < -0.4 is 15.4 Å². The predicted molar refractivity (Wildman–Crippen MR) is 123 cm³/mol. The molecule has 2 aromatic carbocycles. The van der Waals surface area contributed by atoms with Crippen LogP contribution in [0.15, 0.2) is 53.7 Å². The number of halogens is 1. The van der Waals surface area contributed by atoms with Crippen molar-refractivity contribution in [2.75, 3.05) is 20.7 Å². The zero-order valence-corrected chi connectivity index (χ0v) is 18.3. The number of rotatable bonds is 6. The second-order valence-electron chi connectivity index (χ2n) is 6.31. The zero-order valence-electron chi connectivity index (χ0n) is 16.0. The van der Waals surface area contributed by atoms with Crippen molar-refractivity contribution in [1.82, 2.24) is 15.6 Å². The predicted octanol–water partition coefficient (Wildman–Crippen LogP) is 4.01. The lowest BCUT2D eigenvalue weighted by atomic mass is 10.1. The van der Waals surface area contributed by atoms with Crippen molar-refractivity contribution in [2.24, 2.45) is 4.99 Å². The molecule has 0 radical (unpaired) electrons. The molecule has 0 saturated heterocycles. The van der Waals surface area contributed by atoms with Crippen LogP contribution in [-0.2, 0) is 13.0 Å². The van der Waals surface area contributed by atoms with Gasteiger partial charge in [0.1, 0.15) is 5.75 Å². The fourth-order valence-corrected chi connectivity index (χ4v) is 2.97. The van der Waals surface area contributed by atoms with E-state index in [2.05, 4.69) is 51.9 Å². The van der Waals surface area contributed by atoms with Crippen LogP contribution in [0.1, 0.15) is 16.7 Å². The van der Waals surface area contributed by atoms with Crippen LogP contribution in [-0.4, -0.2) is 31.6 Å². The highest BCUT2D eigenvalue weighted by Crippen LogP contribution is 2.19. The Kier molecular flexibility index (Phi) is 7.97. The second kappa shape index (κ2) is 10.2. The van der Waals surface area contributed by atoms with Crippen molar-refractivity contribution in [3.8, 4) is 5.75 Å². The number of aryl methyl sites for hydroxylation is 1. The van der Waals surface area contributed by atoms with Gasteiger partial charge in [0.2, 0.25) is 0 Å². The molecule has 144 valence electrons. The van der Waals surface area contributed by atoms with Gasteiger partial charge in [-0.25, -0.2) is 0 Å². The van der Waals surface area contributed by atoms with Gasteiger partial charge in [-0.3, -0.25) is 4.99 Å². The Balaban J connectivity index is 0.00000261. The molecule has 1 aromatic heterocycles. The molecule has 0 unspecified atom stereocenters. The van der Waals surface area contributed by atoms with E-state index in [0.29, 0.717) is 0 Å². The second-order valence-corrected chi connectivity index (χ2v) is 6.31. The summed E-state index contributed by atoms with van der Waals surface area (Å²) in [6.45, 7) is 3.65. The van der Waals surface area contributed by atoms with Gasteiger partial charge in [-0.1, -0.05) is 24.3 Å². The lowest BCUT2D eigenvalue weighted by Gasteiger charge is -2.12. The molecule has 3 N–H and O–H groups in total. The van der Waals surface area contributed by atoms with Gasteiger partial charge in [0.05, 0.1) is 7.11 Å². The first kappa shape index (κ1) is 21.1. The number of aromatic nitrogens is 1. The summed E-state index contributed by atoms with van der Waals surface area (Å²) in [5.41, 5.74) is 4.97. The number of hydrogen-bond acceptors (Lipinski definition) is 2. The third-order valence-electron chi connectivity index (χ3n) is 4.45. The van der Waals surface area contributed by atoms with Gasteiger partial charge in [-0.2, -0.15) is 0 Å². The molecule has 0 amide bonds. The zero-order chi connectivity index (χ0) is 18.4. The van der Waals surface area contributed by atoms with Gasteiger partial charge >= 0.3 is 0 Å². The summed E-state index contributed by atoms with van der Waals surface area (Å²) in [5.74, 6) is 1.67. The number of H-pyrrole nitrogens is 1. The summed E-state index contributed by atoms with van der Waals surface area (Å²) in [6, 6.07) is 14.6. The van der Waals surface area contributed by atoms with Gasteiger partial charge in [-0.15, -0.1) is 24.0 Å². The summed E-state index contributed by atoms with van der Waals surface area (Å²) in [6.07, 6.45) is 3.03. The Morgan fingerprint density at radius 2 is 1.89 bits per heavy atom. The van der Waals surface area contributed by atoms with E-state index < -0.39 is 0 Å². The first-order chi connectivity index (χ1) is 12.7. The van der Waals surface area contributed by atoms with E-state index >= 15 is 0 Å². The number of methoxy groups -OCH3 is 1. The Morgan fingerprint density at radius 1 is 1.11 bits per heavy atom. The third kappa shape index (κ3) is 5.63. The molecule has 0 fully saturated rings. The maximum atomic E-state index is 5.18. The smallest absolute Gasteiger partial charge is 0.191 e. The summed E-state index contributed by atoms with van der Waals surface area (Å²) in [4.78, 5) is 7.64. The Bertz CT molecular complexity index is 887. The minimum atomic E-state index is 0. The number of guanidine groups is 1. The van der Waals surface area contributed by atoms with E-state index in [1.807, 2.05) is 24.3 Å². The summed E-state index contributed by atoms with van der Waals surface area (Å²) in [5, 5.41) is 8.01. The lowest BCUT2D eigenvalue weighted by molar-refractivity contribution is 0.414. The average molecular weight is 478 g/mol. The normalized spacial score (nSPS) is 11.1. The summed E-state index contributed by atoms with van der Waals surface area (Å²) < 4.78 is 5.18. The first-order valence-corrected chi connectivity index (χ1v) is 8.83. The number of benzene rings is 2. The molecule has 0 aliphatic heterocycles. The highest BCUT2D eigenvalue weighted by atomic mass is 127. The number of nitrogens with one attached hydrogen (secondary N) is 3. The van der Waals surface area contributed by atoms with E-state index in [-0.39, 0.29) is 24.0 Å². The molecule has 1 heterocycles. The van der Waals surface area contributed by atoms with Gasteiger partial charge in [0, 0.05) is 37.2 Å². The highest BCUT2D eigenvalue weighted by molar-refractivity contribution is 14.0. The summed E-state index contributed by atoms with van der Waals surface area (Å²) in [7, 11) is 3.46. The molecule has 0 atom stereocenters. The van der Waals surface area contributed by atoms with Gasteiger partial charge in [-0.05, 0) is 48.2 Å². The van der Waals surface area contributed by atoms with Crippen molar-refractivity contribution in [1.29, 1.82) is 0 Å². The molecule has 6 heteroatoms. The number of hydrogen-bond donors (Lipinski definition) is 3. The van der Waals surface area contributed by atoms with Crippen LogP contribution in [0.2, 0.25) is 0 Å². The monoisotopic (exact) mass is 478 g/mol. The molecule has 0 aliphatic carbocycles. The molecular formula is C21H27IN4O. The first-order valence-electron chi connectivity index (χ1n) is 8.83. The molecular weight excluding hydrogens is 451 g/mol. The lowest BCUT2D eigenvalue weighted by Crippen LogP contribution is -2.37.